The van der Waals surface area contributed by atoms with Crippen molar-refractivity contribution in [3.63, 3.8) is 0 Å². The lowest BCUT2D eigenvalue weighted by molar-refractivity contribution is -0.942. The summed E-state index contributed by atoms with van der Waals surface area (Å²) in [5, 5.41) is 12.2. The Labute approximate surface area is 89.4 Å². The fourth-order valence-corrected chi connectivity index (χ4v) is 2.41. The highest BCUT2D eigenvalue weighted by Crippen LogP contribution is 2.35. The Morgan fingerprint density at radius 1 is 1.27 bits per heavy atom. The second-order valence-corrected chi connectivity index (χ2v) is 4.70. The molecule has 2 aliphatic rings. The van der Waals surface area contributed by atoms with Crippen molar-refractivity contribution in [2.24, 2.45) is 5.92 Å². The predicted molar refractivity (Wildman–Crippen MR) is 56.7 cm³/mol. The molecule has 2 saturated heterocycles. The highest BCUT2D eigenvalue weighted by atomic mass is 16.6. The standard InChI is InChI=1S/C12H15NO2/c14-13(6-10-4-2-1-3-5-10)7-11(8-13)12-9-15-12/h1-5,11-12H,6-9H2. The number of rotatable bonds is 3. The third-order valence-corrected chi connectivity index (χ3v) is 3.33. The van der Waals surface area contributed by atoms with Crippen LogP contribution in [0.5, 0.6) is 0 Å². The first-order valence-corrected chi connectivity index (χ1v) is 5.48. The molecule has 0 aliphatic carbocycles. The molecule has 0 bridgehead atoms. The molecule has 0 radical (unpaired) electrons. The van der Waals surface area contributed by atoms with Crippen molar-refractivity contribution in [3.05, 3.63) is 41.1 Å². The monoisotopic (exact) mass is 205 g/mol. The van der Waals surface area contributed by atoms with Gasteiger partial charge in [-0.25, -0.2) is 0 Å². The summed E-state index contributed by atoms with van der Waals surface area (Å²) < 4.78 is 5.15. The van der Waals surface area contributed by atoms with Crippen molar-refractivity contribution >= 4 is 0 Å². The van der Waals surface area contributed by atoms with Crippen molar-refractivity contribution in [2.45, 2.75) is 12.6 Å². The van der Waals surface area contributed by atoms with E-state index in [9.17, 15) is 5.21 Å². The molecule has 2 aliphatic heterocycles. The Balaban J connectivity index is 1.60. The maximum atomic E-state index is 12.2. The van der Waals surface area contributed by atoms with Crippen molar-refractivity contribution in [2.75, 3.05) is 19.7 Å². The number of nitrogens with zero attached hydrogens (tertiary/aromatic N) is 1. The minimum Gasteiger partial charge on any atom is -0.633 e. The zero-order valence-electron chi connectivity index (χ0n) is 8.63. The molecule has 1 aromatic carbocycles. The average molecular weight is 205 g/mol. The molecule has 1 unspecified atom stereocenters. The van der Waals surface area contributed by atoms with E-state index in [0.29, 0.717) is 18.6 Å². The number of benzene rings is 1. The molecule has 3 nitrogen and oxygen atoms in total. The molecule has 0 saturated carbocycles. The predicted octanol–water partition coefficient (Wildman–Crippen LogP) is 1.53. The lowest BCUT2D eigenvalue weighted by Crippen LogP contribution is -2.60. The van der Waals surface area contributed by atoms with Crippen LogP contribution in [0.2, 0.25) is 0 Å². The van der Waals surface area contributed by atoms with Crippen LogP contribution >= 0.6 is 0 Å². The van der Waals surface area contributed by atoms with E-state index >= 15 is 0 Å². The van der Waals surface area contributed by atoms with Crippen molar-refractivity contribution < 1.29 is 9.38 Å². The Hall–Kier alpha value is -0.900. The van der Waals surface area contributed by atoms with Crippen LogP contribution in [0.4, 0.5) is 0 Å². The van der Waals surface area contributed by atoms with Gasteiger partial charge < -0.3 is 14.6 Å². The van der Waals surface area contributed by atoms with E-state index in [1.165, 1.54) is 0 Å². The van der Waals surface area contributed by atoms with E-state index in [-0.39, 0.29) is 4.65 Å². The van der Waals surface area contributed by atoms with Crippen LogP contribution in [0.15, 0.2) is 30.3 Å². The van der Waals surface area contributed by atoms with Crippen LogP contribution < -0.4 is 0 Å². The summed E-state index contributed by atoms with van der Waals surface area (Å²) in [6, 6.07) is 10.0. The van der Waals surface area contributed by atoms with Crippen LogP contribution in [0.3, 0.4) is 0 Å². The van der Waals surface area contributed by atoms with Crippen LogP contribution in [-0.2, 0) is 11.3 Å². The van der Waals surface area contributed by atoms with E-state index in [1.54, 1.807) is 0 Å². The second kappa shape index (κ2) is 3.30. The van der Waals surface area contributed by atoms with Gasteiger partial charge in [-0.05, 0) is 0 Å². The summed E-state index contributed by atoms with van der Waals surface area (Å²) in [7, 11) is 0. The molecule has 3 heteroatoms. The molecular formula is C12H15NO2. The molecule has 1 aromatic rings. The molecule has 2 heterocycles. The molecule has 15 heavy (non-hydrogen) atoms. The van der Waals surface area contributed by atoms with Crippen LogP contribution in [0.25, 0.3) is 0 Å². The molecule has 3 rings (SSSR count). The molecule has 0 N–H and O–H groups in total. The topological polar surface area (TPSA) is 35.6 Å². The van der Waals surface area contributed by atoms with E-state index in [0.717, 1.165) is 25.3 Å². The number of quaternary nitrogens is 1. The van der Waals surface area contributed by atoms with Gasteiger partial charge in [0.25, 0.3) is 0 Å². The first kappa shape index (κ1) is 9.33. The Morgan fingerprint density at radius 3 is 2.53 bits per heavy atom. The van der Waals surface area contributed by atoms with Crippen molar-refractivity contribution in [1.29, 1.82) is 0 Å². The van der Waals surface area contributed by atoms with Gasteiger partial charge in [-0.1, -0.05) is 30.3 Å². The number of epoxide rings is 1. The summed E-state index contributed by atoms with van der Waals surface area (Å²) in [5.74, 6) is 0.520. The fraction of sp³-hybridized carbons (Fsp3) is 0.500. The lowest BCUT2D eigenvalue weighted by atomic mass is 9.95. The first-order valence-electron chi connectivity index (χ1n) is 5.48. The summed E-state index contributed by atoms with van der Waals surface area (Å²) in [6.07, 6.45) is 0.404. The van der Waals surface area contributed by atoms with Crippen LogP contribution in [-0.4, -0.2) is 30.4 Å². The number of ether oxygens (including phenoxy) is 1. The van der Waals surface area contributed by atoms with Gasteiger partial charge in [-0.3, -0.25) is 0 Å². The lowest BCUT2D eigenvalue weighted by Gasteiger charge is -2.54. The van der Waals surface area contributed by atoms with Gasteiger partial charge in [0.2, 0.25) is 0 Å². The van der Waals surface area contributed by atoms with Gasteiger partial charge >= 0.3 is 0 Å². The van der Waals surface area contributed by atoms with E-state index in [1.807, 2.05) is 30.3 Å². The maximum absolute atomic E-state index is 12.2. The number of hydrogen-bond donors (Lipinski definition) is 0. The third kappa shape index (κ3) is 1.91. The van der Waals surface area contributed by atoms with Gasteiger partial charge in [-0.2, -0.15) is 0 Å². The minimum absolute atomic E-state index is 0.0610. The summed E-state index contributed by atoms with van der Waals surface area (Å²) in [5.41, 5.74) is 1.14. The molecular weight excluding hydrogens is 190 g/mol. The van der Waals surface area contributed by atoms with Crippen LogP contribution in [0, 0.1) is 11.1 Å². The van der Waals surface area contributed by atoms with Gasteiger partial charge in [0.1, 0.15) is 6.54 Å². The fourth-order valence-electron chi connectivity index (χ4n) is 2.41. The van der Waals surface area contributed by atoms with Gasteiger partial charge in [-0.15, -0.1) is 0 Å². The highest BCUT2D eigenvalue weighted by Gasteiger charge is 2.47. The van der Waals surface area contributed by atoms with Crippen LogP contribution in [0.1, 0.15) is 5.56 Å². The molecule has 80 valence electrons. The van der Waals surface area contributed by atoms with Crippen molar-refractivity contribution in [3.8, 4) is 0 Å². The van der Waals surface area contributed by atoms with Crippen molar-refractivity contribution in [1.82, 2.24) is 0 Å². The maximum Gasteiger partial charge on any atom is 0.104 e. The molecule has 2 fully saturated rings. The van der Waals surface area contributed by atoms with Gasteiger partial charge in [0.05, 0.1) is 31.7 Å². The third-order valence-electron chi connectivity index (χ3n) is 3.33. The molecule has 0 amide bonds. The summed E-state index contributed by atoms with van der Waals surface area (Å²) >= 11 is 0. The number of hydrogen-bond acceptors (Lipinski definition) is 2. The quantitative estimate of drug-likeness (QED) is 0.426. The Bertz CT molecular complexity index is 342. The van der Waals surface area contributed by atoms with E-state index in [4.69, 9.17) is 4.74 Å². The average Bonchev–Trinajstić information content (AvgIpc) is 2.98. The largest absolute Gasteiger partial charge is 0.633 e. The Kier molecular flexibility index (Phi) is 2.06. The minimum atomic E-state index is -0.0610. The molecule has 0 aromatic heterocycles. The highest BCUT2D eigenvalue weighted by molar-refractivity contribution is 5.13. The second-order valence-electron chi connectivity index (χ2n) is 4.70. The normalized spacial score (nSPS) is 38.5. The van der Waals surface area contributed by atoms with Gasteiger partial charge in [0, 0.05) is 5.56 Å². The summed E-state index contributed by atoms with van der Waals surface area (Å²) in [4.78, 5) is 0. The van der Waals surface area contributed by atoms with E-state index < -0.39 is 0 Å². The Morgan fingerprint density at radius 2 is 1.93 bits per heavy atom. The van der Waals surface area contributed by atoms with Gasteiger partial charge in [0.15, 0.2) is 0 Å². The van der Waals surface area contributed by atoms with E-state index in [2.05, 4.69) is 0 Å². The smallest absolute Gasteiger partial charge is 0.104 e. The zero-order chi connectivity index (χ0) is 10.3. The summed E-state index contributed by atoms with van der Waals surface area (Å²) in [6.45, 7) is 2.96. The number of hydroxylamine groups is 3. The SMILES string of the molecule is [O-][N+]1(Cc2ccccc2)CC(C2CO2)C1. The zero-order valence-corrected chi connectivity index (χ0v) is 8.63. The molecule has 0 spiro atoms. The first-order chi connectivity index (χ1) is 7.25. The molecule has 1 atom stereocenters. The number of likely N-dealkylation sites (tertiary alicyclic amines) is 1.